The number of carbonyl (C=O) groups is 1. The third-order valence-electron chi connectivity index (χ3n) is 4.50. The summed E-state index contributed by atoms with van der Waals surface area (Å²) in [4.78, 5) is 14.1. The fourth-order valence-corrected chi connectivity index (χ4v) is 3.26. The zero-order chi connectivity index (χ0) is 13.9. The Morgan fingerprint density at radius 3 is 2.90 bits per heavy atom. The lowest BCUT2D eigenvalue weighted by Gasteiger charge is -2.33. The van der Waals surface area contributed by atoms with Gasteiger partial charge in [0.15, 0.2) is 0 Å². The molecule has 4 nitrogen and oxygen atoms in total. The van der Waals surface area contributed by atoms with E-state index in [4.69, 9.17) is 0 Å². The van der Waals surface area contributed by atoms with Gasteiger partial charge >= 0.3 is 0 Å². The van der Waals surface area contributed by atoms with Crippen molar-refractivity contribution in [2.45, 2.75) is 25.7 Å². The molecule has 0 atom stereocenters. The molecule has 108 valence electrons. The number of piperidine rings is 1. The summed E-state index contributed by atoms with van der Waals surface area (Å²) in [5, 5.41) is 6.22. The highest BCUT2D eigenvalue weighted by atomic mass is 16.1. The first kappa shape index (κ1) is 13.3. The first-order chi connectivity index (χ1) is 9.78. The Kier molecular flexibility index (Phi) is 3.81. The van der Waals surface area contributed by atoms with Crippen LogP contribution in [0, 0.1) is 5.92 Å². The number of fused-ring (bicyclic) bond motifs is 1. The molecule has 1 aromatic rings. The van der Waals surface area contributed by atoms with Gasteiger partial charge in [0.25, 0.3) is 0 Å². The lowest BCUT2D eigenvalue weighted by molar-refractivity contribution is -0.125. The first-order valence-electron chi connectivity index (χ1n) is 7.61. The van der Waals surface area contributed by atoms with Gasteiger partial charge in [-0.1, -0.05) is 0 Å². The molecule has 1 amide bonds. The predicted octanol–water partition coefficient (Wildman–Crippen LogP) is 2.01. The average Bonchev–Trinajstić information content (AvgIpc) is 2.54. The zero-order valence-corrected chi connectivity index (χ0v) is 12.1. The minimum Gasteiger partial charge on any atom is -0.385 e. The molecular formula is C16H23N3O. The third-order valence-corrected chi connectivity index (χ3v) is 4.50. The van der Waals surface area contributed by atoms with E-state index in [1.54, 1.807) is 7.05 Å². The average molecular weight is 273 g/mol. The van der Waals surface area contributed by atoms with Gasteiger partial charge in [0, 0.05) is 44.0 Å². The van der Waals surface area contributed by atoms with Gasteiger partial charge in [0.1, 0.15) is 0 Å². The highest BCUT2D eigenvalue weighted by molar-refractivity contribution is 5.78. The lowest BCUT2D eigenvalue weighted by Crippen LogP contribution is -2.39. The molecule has 2 N–H and O–H groups in total. The molecule has 1 fully saturated rings. The van der Waals surface area contributed by atoms with Gasteiger partial charge in [-0.25, -0.2) is 0 Å². The first-order valence-corrected chi connectivity index (χ1v) is 7.61. The summed E-state index contributed by atoms with van der Waals surface area (Å²) in [6, 6.07) is 6.73. The Labute approximate surface area is 120 Å². The van der Waals surface area contributed by atoms with E-state index in [1.165, 1.54) is 29.8 Å². The van der Waals surface area contributed by atoms with Crippen LogP contribution in [-0.4, -0.2) is 32.6 Å². The van der Waals surface area contributed by atoms with Gasteiger partial charge in [0.05, 0.1) is 0 Å². The number of hydrogen-bond acceptors (Lipinski definition) is 3. The molecule has 1 saturated heterocycles. The Morgan fingerprint density at radius 2 is 2.15 bits per heavy atom. The monoisotopic (exact) mass is 273 g/mol. The Bertz CT molecular complexity index is 492. The van der Waals surface area contributed by atoms with Crippen molar-refractivity contribution in [3.8, 4) is 0 Å². The minimum atomic E-state index is 0.190. The number of carbonyl (C=O) groups excluding carboxylic acids is 1. The smallest absolute Gasteiger partial charge is 0.222 e. The van der Waals surface area contributed by atoms with E-state index in [0.717, 1.165) is 32.5 Å². The van der Waals surface area contributed by atoms with E-state index in [9.17, 15) is 4.79 Å². The molecule has 0 spiro atoms. The van der Waals surface area contributed by atoms with Crippen molar-refractivity contribution in [1.82, 2.24) is 5.32 Å². The fourth-order valence-electron chi connectivity index (χ4n) is 3.26. The Morgan fingerprint density at radius 1 is 1.35 bits per heavy atom. The second-order valence-corrected chi connectivity index (χ2v) is 5.75. The van der Waals surface area contributed by atoms with Gasteiger partial charge in [0.2, 0.25) is 5.91 Å². The molecule has 0 aliphatic carbocycles. The quantitative estimate of drug-likeness (QED) is 0.866. The molecular weight excluding hydrogens is 250 g/mol. The van der Waals surface area contributed by atoms with Crippen LogP contribution in [0.25, 0.3) is 0 Å². The molecule has 0 radical (unpaired) electrons. The van der Waals surface area contributed by atoms with Crippen molar-refractivity contribution in [3.63, 3.8) is 0 Å². The second kappa shape index (κ2) is 5.73. The summed E-state index contributed by atoms with van der Waals surface area (Å²) >= 11 is 0. The van der Waals surface area contributed by atoms with E-state index in [0.29, 0.717) is 0 Å². The van der Waals surface area contributed by atoms with Crippen molar-refractivity contribution < 1.29 is 4.79 Å². The van der Waals surface area contributed by atoms with E-state index < -0.39 is 0 Å². The summed E-state index contributed by atoms with van der Waals surface area (Å²) in [6.07, 6.45) is 4.30. The number of rotatable bonds is 2. The van der Waals surface area contributed by atoms with Gasteiger partial charge in [-0.15, -0.1) is 0 Å². The second-order valence-electron chi connectivity index (χ2n) is 5.75. The number of anilines is 2. The summed E-state index contributed by atoms with van der Waals surface area (Å²) in [5.74, 6) is 0.384. The topological polar surface area (TPSA) is 44.4 Å². The zero-order valence-electron chi connectivity index (χ0n) is 12.1. The molecule has 0 aromatic heterocycles. The molecule has 0 unspecified atom stereocenters. The largest absolute Gasteiger partial charge is 0.385 e. The maximum absolute atomic E-state index is 11.7. The molecule has 2 heterocycles. The number of hydrogen-bond donors (Lipinski definition) is 2. The van der Waals surface area contributed by atoms with Gasteiger partial charge in [-0.2, -0.15) is 0 Å². The summed E-state index contributed by atoms with van der Waals surface area (Å²) < 4.78 is 0. The van der Waals surface area contributed by atoms with Crippen molar-refractivity contribution in [2.75, 3.05) is 36.9 Å². The molecule has 1 aromatic carbocycles. The lowest BCUT2D eigenvalue weighted by atomic mass is 9.95. The molecule has 2 aliphatic heterocycles. The van der Waals surface area contributed by atoms with E-state index in [-0.39, 0.29) is 11.8 Å². The van der Waals surface area contributed by atoms with Crippen LogP contribution in [-0.2, 0) is 11.2 Å². The molecule has 0 saturated carbocycles. The van der Waals surface area contributed by atoms with Gasteiger partial charge in [-0.3, -0.25) is 4.79 Å². The van der Waals surface area contributed by atoms with Crippen molar-refractivity contribution in [3.05, 3.63) is 23.8 Å². The minimum absolute atomic E-state index is 0.190. The SMILES string of the molecule is CNC(=O)C1CCN(c2ccc3c(c2)CCCN3)CC1. The van der Waals surface area contributed by atoms with Crippen LogP contribution in [0.2, 0.25) is 0 Å². The maximum atomic E-state index is 11.7. The van der Waals surface area contributed by atoms with Crippen molar-refractivity contribution >= 4 is 17.3 Å². The summed E-state index contributed by atoms with van der Waals surface area (Å²) in [7, 11) is 1.73. The molecule has 3 rings (SSSR count). The van der Waals surface area contributed by atoms with Crippen LogP contribution >= 0.6 is 0 Å². The standard InChI is InChI=1S/C16H23N3O/c1-17-16(20)12-6-9-19(10-7-12)14-4-5-15-13(11-14)3-2-8-18-15/h4-5,11-12,18H,2-3,6-10H2,1H3,(H,17,20). The van der Waals surface area contributed by atoms with Crippen LogP contribution < -0.4 is 15.5 Å². The van der Waals surface area contributed by atoms with E-state index >= 15 is 0 Å². The van der Waals surface area contributed by atoms with Crippen LogP contribution in [0.1, 0.15) is 24.8 Å². The fraction of sp³-hybridized carbons (Fsp3) is 0.562. The molecule has 2 aliphatic rings. The maximum Gasteiger partial charge on any atom is 0.222 e. The predicted molar refractivity (Wildman–Crippen MR) is 82.3 cm³/mol. The molecule has 20 heavy (non-hydrogen) atoms. The van der Waals surface area contributed by atoms with Crippen LogP contribution in [0.15, 0.2) is 18.2 Å². The Balaban J connectivity index is 1.67. The number of nitrogens with one attached hydrogen (secondary N) is 2. The highest BCUT2D eigenvalue weighted by Crippen LogP contribution is 2.29. The third kappa shape index (κ3) is 2.60. The highest BCUT2D eigenvalue weighted by Gasteiger charge is 2.24. The number of amides is 1. The summed E-state index contributed by atoms with van der Waals surface area (Å²) in [5.41, 5.74) is 4.03. The van der Waals surface area contributed by atoms with Crippen LogP contribution in [0.3, 0.4) is 0 Å². The number of nitrogens with zero attached hydrogens (tertiary/aromatic N) is 1. The van der Waals surface area contributed by atoms with E-state index in [2.05, 4.69) is 33.7 Å². The summed E-state index contributed by atoms with van der Waals surface area (Å²) in [6.45, 7) is 3.04. The van der Waals surface area contributed by atoms with Gasteiger partial charge < -0.3 is 15.5 Å². The van der Waals surface area contributed by atoms with Crippen molar-refractivity contribution in [1.29, 1.82) is 0 Å². The van der Waals surface area contributed by atoms with Crippen molar-refractivity contribution in [2.24, 2.45) is 5.92 Å². The van der Waals surface area contributed by atoms with Crippen LogP contribution in [0.5, 0.6) is 0 Å². The number of aryl methyl sites for hydroxylation is 1. The Hall–Kier alpha value is -1.71. The van der Waals surface area contributed by atoms with Crippen LogP contribution in [0.4, 0.5) is 11.4 Å². The molecule has 0 bridgehead atoms. The normalized spacial score (nSPS) is 19.1. The molecule has 4 heteroatoms. The van der Waals surface area contributed by atoms with Gasteiger partial charge in [-0.05, 0) is 49.4 Å². The van der Waals surface area contributed by atoms with E-state index in [1.807, 2.05) is 0 Å². The number of benzene rings is 1.